The van der Waals surface area contributed by atoms with Gasteiger partial charge in [-0.25, -0.2) is 13.6 Å². The summed E-state index contributed by atoms with van der Waals surface area (Å²) in [5, 5.41) is 3.53. The number of carbonyl (C=O) groups is 3. The predicted molar refractivity (Wildman–Crippen MR) is 130 cm³/mol. The molecule has 4 amide bonds. The molecule has 0 unspecified atom stereocenters. The average molecular weight is 486 g/mol. The lowest BCUT2D eigenvalue weighted by molar-refractivity contribution is -0.121. The fraction of sp³-hybridized carbons (Fsp3) is 0.111. The summed E-state index contributed by atoms with van der Waals surface area (Å²) >= 11 is 0. The molecule has 1 aliphatic heterocycles. The van der Waals surface area contributed by atoms with Crippen LogP contribution in [0.15, 0.2) is 84.0 Å². The van der Waals surface area contributed by atoms with Gasteiger partial charge < -0.3 is 9.88 Å². The van der Waals surface area contributed by atoms with E-state index in [0.717, 1.165) is 15.8 Å². The lowest BCUT2D eigenvalue weighted by atomic mass is 10.1. The van der Waals surface area contributed by atoms with Crippen LogP contribution in [-0.4, -0.2) is 33.0 Å². The number of amides is 4. The Morgan fingerprint density at radius 1 is 0.889 bits per heavy atom. The van der Waals surface area contributed by atoms with Crippen LogP contribution in [0.25, 0.3) is 10.9 Å². The third-order valence-corrected chi connectivity index (χ3v) is 5.91. The number of benzene rings is 3. The van der Waals surface area contributed by atoms with Gasteiger partial charge in [-0.1, -0.05) is 36.4 Å². The summed E-state index contributed by atoms with van der Waals surface area (Å²) in [5.74, 6) is -1.79. The van der Waals surface area contributed by atoms with Gasteiger partial charge in [0.2, 0.25) is 5.91 Å². The number of hydrogen-bond acceptors (Lipinski definition) is 3. The number of urea groups is 1. The van der Waals surface area contributed by atoms with Crippen molar-refractivity contribution in [2.24, 2.45) is 4.99 Å². The average Bonchev–Trinajstić information content (AvgIpc) is 3.33. The lowest BCUT2D eigenvalue weighted by Gasteiger charge is -2.13. The van der Waals surface area contributed by atoms with Gasteiger partial charge in [0.15, 0.2) is 0 Å². The normalized spacial score (nSPS) is 13.4. The molecule has 1 N–H and O–H groups in total. The van der Waals surface area contributed by atoms with E-state index < -0.39 is 23.6 Å². The zero-order chi connectivity index (χ0) is 25.2. The predicted octanol–water partition coefficient (Wildman–Crippen LogP) is 4.70. The first-order valence-electron chi connectivity index (χ1n) is 11.2. The first-order chi connectivity index (χ1) is 17.4. The van der Waals surface area contributed by atoms with Crippen molar-refractivity contribution in [2.45, 2.75) is 19.5 Å². The number of carbonyl (C=O) groups excluding carboxylic acids is 3. The zero-order valence-electron chi connectivity index (χ0n) is 18.9. The van der Waals surface area contributed by atoms with Crippen molar-refractivity contribution >= 4 is 40.1 Å². The number of anilines is 1. The number of imide groups is 1. The molecule has 0 fully saturated rings. The Hall–Kier alpha value is -4.66. The molecule has 1 aliphatic rings. The standard InChI is InChI=1S/C27H20F2N4O3/c28-19-9-11-20(12-10-19)30-25(34)16-32-14-18(21-6-2-4-8-24(21)32)13-23-26(35)33(27(36)31-23)15-17-5-1-3-7-22(17)29/h1-12,14H,13,15-16H2,(H,30,34). The van der Waals surface area contributed by atoms with Gasteiger partial charge in [-0.2, -0.15) is 4.99 Å². The second kappa shape index (κ2) is 9.53. The van der Waals surface area contributed by atoms with E-state index in [4.69, 9.17) is 0 Å². The van der Waals surface area contributed by atoms with E-state index in [2.05, 4.69) is 10.3 Å². The number of nitrogens with one attached hydrogen (secondary N) is 1. The number of para-hydroxylation sites is 1. The highest BCUT2D eigenvalue weighted by atomic mass is 19.1. The molecule has 9 heteroatoms. The number of rotatable bonds is 7. The highest BCUT2D eigenvalue weighted by Gasteiger charge is 2.34. The Bertz CT molecular complexity index is 1530. The van der Waals surface area contributed by atoms with Crippen LogP contribution in [0.4, 0.5) is 19.3 Å². The van der Waals surface area contributed by atoms with Crippen LogP contribution in [0.3, 0.4) is 0 Å². The van der Waals surface area contributed by atoms with Crippen molar-refractivity contribution in [3.8, 4) is 0 Å². The Kier molecular flexibility index (Phi) is 6.12. The van der Waals surface area contributed by atoms with E-state index in [1.165, 1.54) is 42.5 Å². The maximum atomic E-state index is 14.0. The highest BCUT2D eigenvalue weighted by molar-refractivity contribution is 6.46. The van der Waals surface area contributed by atoms with Gasteiger partial charge in [0.1, 0.15) is 23.9 Å². The van der Waals surface area contributed by atoms with Crippen molar-refractivity contribution in [1.82, 2.24) is 9.47 Å². The molecule has 0 saturated heterocycles. The minimum absolute atomic E-state index is 0.0172. The van der Waals surface area contributed by atoms with Gasteiger partial charge in [0.05, 0.1) is 6.54 Å². The lowest BCUT2D eigenvalue weighted by Crippen LogP contribution is -2.33. The van der Waals surface area contributed by atoms with Gasteiger partial charge in [-0.05, 0) is 42.0 Å². The Morgan fingerprint density at radius 2 is 1.61 bits per heavy atom. The smallest absolute Gasteiger partial charge is 0.338 e. The number of nitrogens with zero attached hydrogens (tertiary/aromatic N) is 3. The molecule has 0 aliphatic carbocycles. The maximum absolute atomic E-state index is 14.0. The van der Waals surface area contributed by atoms with Gasteiger partial charge in [-0.3, -0.25) is 14.5 Å². The first kappa shape index (κ1) is 23.1. The molecule has 5 rings (SSSR count). The summed E-state index contributed by atoms with van der Waals surface area (Å²) in [6, 6.07) is 18.0. The zero-order valence-corrected chi connectivity index (χ0v) is 18.9. The number of fused-ring (bicyclic) bond motifs is 1. The van der Waals surface area contributed by atoms with Crippen LogP contribution in [0.2, 0.25) is 0 Å². The molecule has 3 aromatic carbocycles. The van der Waals surface area contributed by atoms with Crippen LogP contribution in [0.5, 0.6) is 0 Å². The van der Waals surface area contributed by atoms with Crippen molar-refractivity contribution < 1.29 is 23.2 Å². The largest absolute Gasteiger partial charge is 0.351 e. The Balaban J connectivity index is 1.34. The fourth-order valence-electron chi connectivity index (χ4n) is 4.18. The van der Waals surface area contributed by atoms with Gasteiger partial charge in [-0.15, -0.1) is 0 Å². The quantitative estimate of drug-likeness (QED) is 0.411. The molecular formula is C27H20F2N4O3. The van der Waals surface area contributed by atoms with E-state index in [-0.39, 0.29) is 36.7 Å². The number of halogens is 2. The molecule has 0 atom stereocenters. The van der Waals surface area contributed by atoms with Crippen molar-refractivity contribution in [1.29, 1.82) is 0 Å². The van der Waals surface area contributed by atoms with E-state index in [9.17, 15) is 23.2 Å². The Labute approximate surface area is 204 Å². The van der Waals surface area contributed by atoms with Crippen LogP contribution in [-0.2, 0) is 29.1 Å². The number of aliphatic imine (C=N–C) groups is 1. The highest BCUT2D eigenvalue weighted by Crippen LogP contribution is 2.24. The minimum Gasteiger partial charge on any atom is -0.338 e. The molecule has 2 heterocycles. The maximum Gasteiger partial charge on any atom is 0.351 e. The summed E-state index contributed by atoms with van der Waals surface area (Å²) in [6.45, 7) is -0.223. The van der Waals surface area contributed by atoms with Gasteiger partial charge in [0, 0.05) is 34.8 Å². The summed E-state index contributed by atoms with van der Waals surface area (Å²) in [4.78, 5) is 42.8. The fourth-order valence-corrected chi connectivity index (χ4v) is 4.18. The summed E-state index contributed by atoms with van der Waals surface area (Å²) in [6.07, 6.45) is 1.82. The molecule has 180 valence electrons. The molecule has 0 radical (unpaired) electrons. The topological polar surface area (TPSA) is 83.8 Å². The monoisotopic (exact) mass is 486 g/mol. The van der Waals surface area contributed by atoms with Crippen LogP contribution in [0.1, 0.15) is 11.1 Å². The number of aromatic nitrogens is 1. The molecular weight excluding hydrogens is 466 g/mol. The van der Waals surface area contributed by atoms with E-state index in [1.807, 2.05) is 24.3 Å². The molecule has 4 aromatic rings. The SMILES string of the molecule is O=C(Cn1cc(CC2=NC(=O)N(Cc3ccccc3F)C2=O)c2ccccc21)Nc1ccc(F)cc1. The summed E-state index contributed by atoms with van der Waals surface area (Å²) in [5.41, 5.74) is 2.22. The van der Waals surface area contributed by atoms with Crippen LogP contribution < -0.4 is 5.32 Å². The van der Waals surface area contributed by atoms with Crippen molar-refractivity contribution in [3.05, 3.63) is 102 Å². The van der Waals surface area contributed by atoms with Crippen LogP contribution in [0, 0.1) is 11.6 Å². The molecule has 7 nitrogen and oxygen atoms in total. The Morgan fingerprint density at radius 3 is 2.39 bits per heavy atom. The molecule has 0 spiro atoms. The molecule has 36 heavy (non-hydrogen) atoms. The number of hydrogen-bond donors (Lipinski definition) is 1. The van der Waals surface area contributed by atoms with Crippen molar-refractivity contribution in [3.63, 3.8) is 0 Å². The second-order valence-corrected chi connectivity index (χ2v) is 8.36. The molecule has 0 saturated carbocycles. The van der Waals surface area contributed by atoms with Crippen LogP contribution >= 0.6 is 0 Å². The van der Waals surface area contributed by atoms with Gasteiger partial charge in [0.25, 0.3) is 5.91 Å². The first-order valence-corrected chi connectivity index (χ1v) is 11.2. The van der Waals surface area contributed by atoms with Gasteiger partial charge >= 0.3 is 6.03 Å². The van der Waals surface area contributed by atoms with E-state index in [0.29, 0.717) is 11.3 Å². The third kappa shape index (κ3) is 4.63. The summed E-state index contributed by atoms with van der Waals surface area (Å²) < 4.78 is 28.9. The third-order valence-electron chi connectivity index (χ3n) is 5.91. The van der Waals surface area contributed by atoms with E-state index in [1.54, 1.807) is 16.8 Å². The van der Waals surface area contributed by atoms with Crippen molar-refractivity contribution in [2.75, 3.05) is 5.32 Å². The minimum atomic E-state index is -0.735. The molecule has 0 bridgehead atoms. The molecule has 1 aromatic heterocycles. The second-order valence-electron chi connectivity index (χ2n) is 8.36. The summed E-state index contributed by atoms with van der Waals surface area (Å²) in [7, 11) is 0. The van der Waals surface area contributed by atoms with E-state index >= 15 is 0 Å².